The Kier molecular flexibility index (Phi) is 2.21. The number of imidazole rings is 1. The van der Waals surface area contributed by atoms with Crippen molar-refractivity contribution in [1.82, 2.24) is 9.38 Å². The molecule has 0 saturated heterocycles. The monoisotopic (exact) mass is 224 g/mol. The summed E-state index contributed by atoms with van der Waals surface area (Å²) in [7, 11) is 0. The summed E-state index contributed by atoms with van der Waals surface area (Å²) in [6.45, 7) is 2.02. The first-order valence-electron chi connectivity index (χ1n) is 4.18. The van der Waals surface area contributed by atoms with E-state index < -0.39 is 0 Å². The summed E-state index contributed by atoms with van der Waals surface area (Å²) >= 11 is 1.73. The predicted octanol–water partition coefficient (Wildman–Crippen LogP) is 3.28. The van der Waals surface area contributed by atoms with Crippen molar-refractivity contribution in [3.63, 3.8) is 0 Å². The second-order valence-corrected chi connectivity index (χ2v) is 4.11. The topological polar surface area (TPSA) is 17.3 Å². The molecule has 0 aliphatic carbocycles. The summed E-state index contributed by atoms with van der Waals surface area (Å²) in [5.74, 6) is 0. The molecule has 2 heterocycles. The van der Waals surface area contributed by atoms with E-state index in [1.54, 1.807) is 11.3 Å². The smallest absolute Gasteiger partial charge is 0.194 e. The van der Waals surface area contributed by atoms with Gasteiger partial charge in [0, 0.05) is 6.20 Å². The summed E-state index contributed by atoms with van der Waals surface area (Å²) in [4.78, 5) is 5.51. The van der Waals surface area contributed by atoms with Crippen LogP contribution in [0, 0.1) is 6.92 Å². The maximum atomic E-state index is 4.43. The van der Waals surface area contributed by atoms with Gasteiger partial charge in [-0.1, -0.05) is 23.5 Å². The quantitative estimate of drug-likeness (QED) is 0.573. The van der Waals surface area contributed by atoms with E-state index in [1.165, 1.54) is 10.2 Å². The number of aryl methyl sites for hydroxylation is 1. The minimum atomic E-state index is 0. The molecule has 1 aromatic carbocycles. The van der Waals surface area contributed by atoms with Crippen LogP contribution in [-0.2, 0) is 0 Å². The fourth-order valence-corrected chi connectivity index (χ4v) is 2.61. The van der Waals surface area contributed by atoms with Crippen LogP contribution >= 0.6 is 23.7 Å². The van der Waals surface area contributed by atoms with E-state index >= 15 is 0 Å². The number of para-hydroxylation sites is 1. The molecular formula is C10H9ClN2S. The van der Waals surface area contributed by atoms with Crippen LogP contribution < -0.4 is 0 Å². The van der Waals surface area contributed by atoms with E-state index in [0.29, 0.717) is 0 Å². The molecule has 0 unspecified atom stereocenters. The molecule has 0 radical (unpaired) electrons. The van der Waals surface area contributed by atoms with Crippen molar-refractivity contribution in [2.45, 2.75) is 6.92 Å². The number of fused-ring (bicyclic) bond motifs is 3. The highest BCUT2D eigenvalue weighted by Crippen LogP contribution is 2.25. The van der Waals surface area contributed by atoms with Gasteiger partial charge in [-0.2, -0.15) is 0 Å². The molecule has 0 spiro atoms. The second kappa shape index (κ2) is 3.26. The Balaban J connectivity index is 0.000000750. The molecule has 2 nitrogen and oxygen atoms in total. The highest BCUT2D eigenvalue weighted by Gasteiger charge is 2.04. The zero-order chi connectivity index (χ0) is 8.84. The van der Waals surface area contributed by atoms with Crippen molar-refractivity contribution < 1.29 is 0 Å². The van der Waals surface area contributed by atoms with Crippen LogP contribution in [0.3, 0.4) is 0 Å². The van der Waals surface area contributed by atoms with Crippen molar-refractivity contribution in [2.75, 3.05) is 0 Å². The zero-order valence-electron chi connectivity index (χ0n) is 7.60. The van der Waals surface area contributed by atoms with Crippen molar-refractivity contribution in [2.24, 2.45) is 0 Å². The van der Waals surface area contributed by atoms with Crippen molar-refractivity contribution in [3.8, 4) is 0 Å². The van der Waals surface area contributed by atoms with Gasteiger partial charge < -0.3 is 0 Å². The van der Waals surface area contributed by atoms with Gasteiger partial charge in [0.2, 0.25) is 0 Å². The van der Waals surface area contributed by atoms with Crippen LogP contribution in [0.25, 0.3) is 15.2 Å². The largest absolute Gasteiger partial charge is 0.290 e. The van der Waals surface area contributed by atoms with Crippen molar-refractivity contribution in [1.29, 1.82) is 0 Å². The maximum Gasteiger partial charge on any atom is 0.194 e. The molecule has 0 aliphatic rings. The molecule has 0 bridgehead atoms. The lowest BCUT2D eigenvalue weighted by Crippen LogP contribution is -1.74. The van der Waals surface area contributed by atoms with Gasteiger partial charge in [0.15, 0.2) is 4.96 Å². The van der Waals surface area contributed by atoms with E-state index in [-0.39, 0.29) is 12.4 Å². The van der Waals surface area contributed by atoms with Gasteiger partial charge in [0.1, 0.15) is 0 Å². The number of benzene rings is 1. The number of halogens is 1. The summed E-state index contributed by atoms with van der Waals surface area (Å²) in [5, 5.41) is 0. The van der Waals surface area contributed by atoms with Crippen molar-refractivity contribution >= 4 is 38.9 Å². The number of rotatable bonds is 0. The standard InChI is InChI=1S/C10H8N2S.ClH/c1-7-6-12-8-4-2-3-5-9(8)13-10(12)11-7;/h2-6H,1H3;1H. The van der Waals surface area contributed by atoms with Gasteiger partial charge in [0.25, 0.3) is 0 Å². The van der Waals surface area contributed by atoms with Crippen LogP contribution in [0.15, 0.2) is 30.5 Å². The summed E-state index contributed by atoms with van der Waals surface area (Å²) in [5.41, 5.74) is 2.33. The zero-order valence-corrected chi connectivity index (χ0v) is 9.23. The van der Waals surface area contributed by atoms with E-state index in [4.69, 9.17) is 0 Å². The Labute approximate surface area is 91.6 Å². The number of hydrogen-bond acceptors (Lipinski definition) is 2. The fraction of sp³-hybridized carbons (Fsp3) is 0.100. The molecule has 0 fully saturated rings. The van der Waals surface area contributed by atoms with Gasteiger partial charge in [-0.05, 0) is 19.1 Å². The van der Waals surface area contributed by atoms with Crippen LogP contribution in [0.4, 0.5) is 0 Å². The molecule has 3 aromatic rings. The van der Waals surface area contributed by atoms with Crippen LogP contribution in [0.2, 0.25) is 0 Å². The summed E-state index contributed by atoms with van der Waals surface area (Å²) in [6.07, 6.45) is 2.08. The third-order valence-electron chi connectivity index (χ3n) is 2.12. The van der Waals surface area contributed by atoms with Crippen LogP contribution in [0.1, 0.15) is 5.69 Å². The van der Waals surface area contributed by atoms with Crippen LogP contribution in [0.5, 0.6) is 0 Å². The number of hydrogen-bond donors (Lipinski definition) is 0. The van der Waals surface area contributed by atoms with E-state index in [2.05, 4.69) is 39.8 Å². The normalized spacial score (nSPS) is 10.6. The molecule has 4 heteroatoms. The summed E-state index contributed by atoms with van der Waals surface area (Å²) in [6, 6.07) is 8.37. The Hall–Kier alpha value is -1.06. The minimum Gasteiger partial charge on any atom is -0.290 e. The van der Waals surface area contributed by atoms with Gasteiger partial charge in [-0.25, -0.2) is 4.98 Å². The minimum absolute atomic E-state index is 0. The number of aromatic nitrogens is 2. The molecule has 0 atom stereocenters. The molecular weight excluding hydrogens is 216 g/mol. The first kappa shape index (κ1) is 9.49. The molecule has 14 heavy (non-hydrogen) atoms. The van der Waals surface area contributed by atoms with Crippen molar-refractivity contribution in [3.05, 3.63) is 36.2 Å². The van der Waals surface area contributed by atoms with Gasteiger partial charge >= 0.3 is 0 Å². The molecule has 2 aromatic heterocycles. The Bertz CT molecular complexity index is 582. The Morgan fingerprint density at radius 1 is 1.29 bits per heavy atom. The highest BCUT2D eigenvalue weighted by molar-refractivity contribution is 7.23. The Morgan fingerprint density at radius 2 is 2.07 bits per heavy atom. The lowest BCUT2D eigenvalue weighted by Gasteiger charge is -1.87. The highest BCUT2D eigenvalue weighted by atomic mass is 35.5. The fourth-order valence-electron chi connectivity index (χ4n) is 1.56. The number of nitrogens with zero attached hydrogens (tertiary/aromatic N) is 2. The molecule has 0 N–H and O–H groups in total. The average molecular weight is 225 g/mol. The lowest BCUT2D eigenvalue weighted by atomic mass is 10.3. The molecule has 0 saturated carbocycles. The number of thiazole rings is 1. The SMILES string of the molecule is Cc1cn2c(n1)sc1ccccc12.Cl. The van der Waals surface area contributed by atoms with E-state index in [0.717, 1.165) is 10.7 Å². The third kappa shape index (κ3) is 1.21. The first-order valence-corrected chi connectivity index (χ1v) is 4.99. The second-order valence-electron chi connectivity index (χ2n) is 3.10. The molecule has 0 aliphatic heterocycles. The lowest BCUT2D eigenvalue weighted by molar-refractivity contribution is 1.28. The molecule has 0 amide bonds. The van der Waals surface area contributed by atoms with E-state index in [9.17, 15) is 0 Å². The Morgan fingerprint density at radius 3 is 2.93 bits per heavy atom. The predicted molar refractivity (Wildman–Crippen MR) is 62.6 cm³/mol. The van der Waals surface area contributed by atoms with Gasteiger partial charge in [-0.3, -0.25) is 4.40 Å². The third-order valence-corrected chi connectivity index (χ3v) is 3.16. The molecule has 72 valence electrons. The van der Waals surface area contributed by atoms with Gasteiger partial charge in [0.05, 0.1) is 15.9 Å². The van der Waals surface area contributed by atoms with E-state index in [1.807, 2.05) is 6.92 Å². The van der Waals surface area contributed by atoms with Gasteiger partial charge in [-0.15, -0.1) is 12.4 Å². The average Bonchev–Trinajstić information content (AvgIpc) is 2.60. The van der Waals surface area contributed by atoms with Crippen LogP contribution in [-0.4, -0.2) is 9.38 Å². The molecule has 3 rings (SSSR count). The maximum absolute atomic E-state index is 4.43. The summed E-state index contributed by atoms with van der Waals surface area (Å²) < 4.78 is 3.44. The first-order chi connectivity index (χ1) is 6.34.